The van der Waals surface area contributed by atoms with E-state index < -0.39 is 0 Å². The van der Waals surface area contributed by atoms with Gasteiger partial charge in [0.15, 0.2) is 0 Å². The first kappa shape index (κ1) is 31.8. The largest absolute Gasteiger partial charge is 0.122 e. The van der Waals surface area contributed by atoms with Gasteiger partial charge in [-0.3, -0.25) is 0 Å². The van der Waals surface area contributed by atoms with Crippen molar-refractivity contribution >= 4 is 23.2 Å². The van der Waals surface area contributed by atoms with Crippen molar-refractivity contribution in [2.45, 2.75) is 167 Å². The van der Waals surface area contributed by atoms with Crippen molar-refractivity contribution in [3.63, 3.8) is 0 Å². The highest BCUT2D eigenvalue weighted by molar-refractivity contribution is 6.17. The summed E-state index contributed by atoms with van der Waals surface area (Å²) in [5.74, 6) is 1.25. The normalized spacial score (nSPS) is 11.4. The minimum Gasteiger partial charge on any atom is -0.122 e. The van der Waals surface area contributed by atoms with Crippen LogP contribution in [0, 0.1) is 0 Å². The highest BCUT2D eigenvalue weighted by Crippen LogP contribution is 2.25. The van der Waals surface area contributed by atoms with Crippen molar-refractivity contribution in [2.24, 2.45) is 0 Å². The molecule has 0 saturated heterocycles. The molecule has 1 aromatic rings. The van der Waals surface area contributed by atoms with Crippen LogP contribution >= 0.6 is 23.2 Å². The Kier molecular flexibility index (Phi) is 21.7. The maximum atomic E-state index is 6.36. The van der Waals surface area contributed by atoms with Crippen LogP contribution in [0.5, 0.6) is 0 Å². The van der Waals surface area contributed by atoms with Crippen molar-refractivity contribution in [2.75, 3.05) is 0 Å². The lowest BCUT2D eigenvalue weighted by Gasteiger charge is -2.15. The lowest BCUT2D eigenvalue weighted by Crippen LogP contribution is -2.01. The van der Waals surface area contributed by atoms with Gasteiger partial charge in [0.2, 0.25) is 0 Å². The molecular formula is C32H56Cl2. The molecule has 198 valence electrons. The summed E-state index contributed by atoms with van der Waals surface area (Å²) < 4.78 is 0. The molecule has 0 aromatic heterocycles. The van der Waals surface area contributed by atoms with Gasteiger partial charge in [0.25, 0.3) is 0 Å². The molecule has 0 amide bonds. The van der Waals surface area contributed by atoms with E-state index in [4.69, 9.17) is 23.2 Å². The van der Waals surface area contributed by atoms with E-state index in [1.165, 1.54) is 151 Å². The molecule has 0 bridgehead atoms. The molecule has 0 heterocycles. The Hall–Kier alpha value is -0.200. The summed E-state index contributed by atoms with van der Waals surface area (Å²) in [7, 11) is 0. The summed E-state index contributed by atoms with van der Waals surface area (Å²) in [6, 6.07) is 4.76. The summed E-state index contributed by atoms with van der Waals surface area (Å²) in [6.45, 7) is 4.58. The highest BCUT2D eigenvalue weighted by Gasteiger charge is 2.09. The number of aryl methyl sites for hydroxylation is 2. The Morgan fingerprint density at radius 3 is 0.912 bits per heavy atom. The van der Waals surface area contributed by atoms with Gasteiger partial charge in [0.1, 0.15) is 0 Å². The Bertz CT molecular complexity index is 529. The molecule has 0 aliphatic rings. The van der Waals surface area contributed by atoms with Crippen LogP contribution < -0.4 is 0 Å². The smallest absolute Gasteiger partial charge is 0.0476 e. The van der Waals surface area contributed by atoms with Gasteiger partial charge in [-0.05, 0) is 47.9 Å². The summed E-state index contributed by atoms with van der Waals surface area (Å²) in [5, 5.41) is 0. The third-order valence-electron chi connectivity index (χ3n) is 7.41. The van der Waals surface area contributed by atoms with Gasteiger partial charge < -0.3 is 0 Å². The summed E-state index contributed by atoms with van der Waals surface area (Å²) in [4.78, 5) is 0. The molecule has 1 aromatic carbocycles. The second-order valence-electron chi connectivity index (χ2n) is 10.5. The molecule has 2 heteroatoms. The predicted octanol–water partition coefficient (Wildman–Crippen LogP) is 12.1. The number of alkyl halides is 2. The van der Waals surface area contributed by atoms with Gasteiger partial charge >= 0.3 is 0 Å². The number of unbranched alkanes of at least 4 members (excludes halogenated alkanes) is 18. The Morgan fingerprint density at radius 2 is 0.647 bits per heavy atom. The molecule has 0 atom stereocenters. The van der Waals surface area contributed by atoms with Gasteiger partial charge in [-0.2, -0.15) is 0 Å². The fraction of sp³-hybridized carbons (Fsp3) is 0.812. The van der Waals surface area contributed by atoms with E-state index in [9.17, 15) is 0 Å². The van der Waals surface area contributed by atoms with Crippen molar-refractivity contribution in [3.8, 4) is 0 Å². The zero-order chi connectivity index (χ0) is 24.7. The molecule has 0 nitrogen and oxygen atoms in total. The Labute approximate surface area is 224 Å². The van der Waals surface area contributed by atoms with Crippen LogP contribution in [0.15, 0.2) is 12.1 Å². The molecule has 0 spiro atoms. The van der Waals surface area contributed by atoms with Crippen molar-refractivity contribution in [3.05, 3.63) is 34.4 Å². The number of benzene rings is 1. The predicted molar refractivity (Wildman–Crippen MR) is 157 cm³/mol. The number of hydrogen-bond donors (Lipinski definition) is 0. The first-order chi connectivity index (χ1) is 16.8. The maximum Gasteiger partial charge on any atom is 0.0476 e. The quantitative estimate of drug-likeness (QED) is 0.0956. The molecule has 34 heavy (non-hydrogen) atoms. The van der Waals surface area contributed by atoms with Gasteiger partial charge in [0.05, 0.1) is 0 Å². The van der Waals surface area contributed by atoms with Crippen LogP contribution in [-0.4, -0.2) is 0 Å². The molecule has 0 fully saturated rings. The average molecular weight is 512 g/mol. The minimum absolute atomic E-state index is 0.626. The van der Waals surface area contributed by atoms with Crippen LogP contribution in [0.4, 0.5) is 0 Å². The molecule has 0 radical (unpaired) electrons. The second-order valence-corrected chi connectivity index (χ2v) is 11.1. The van der Waals surface area contributed by atoms with E-state index in [-0.39, 0.29) is 0 Å². The monoisotopic (exact) mass is 510 g/mol. The lowest BCUT2D eigenvalue weighted by molar-refractivity contribution is 0.555. The average Bonchev–Trinajstić information content (AvgIpc) is 2.86. The van der Waals surface area contributed by atoms with E-state index >= 15 is 0 Å². The molecule has 0 saturated carbocycles. The van der Waals surface area contributed by atoms with Crippen LogP contribution in [0.3, 0.4) is 0 Å². The SMILES string of the molecule is CCCCCCCCCCCCc1cc(CCl)c(CCCCCCCCCCCC)cc1CCl. The van der Waals surface area contributed by atoms with E-state index in [0.29, 0.717) is 11.8 Å². The number of hydrogen-bond acceptors (Lipinski definition) is 0. The number of halogens is 2. The fourth-order valence-electron chi connectivity index (χ4n) is 5.11. The summed E-state index contributed by atoms with van der Waals surface area (Å²) in [6.07, 6.45) is 30.0. The van der Waals surface area contributed by atoms with Gasteiger partial charge in [-0.1, -0.05) is 142 Å². The Balaban J connectivity index is 2.28. The third kappa shape index (κ3) is 15.7. The van der Waals surface area contributed by atoms with E-state index in [1.807, 2.05) is 0 Å². The fourth-order valence-corrected chi connectivity index (χ4v) is 5.61. The molecular weight excluding hydrogens is 455 g/mol. The van der Waals surface area contributed by atoms with E-state index in [1.54, 1.807) is 0 Å². The molecule has 1 rings (SSSR count). The second kappa shape index (κ2) is 23.2. The van der Waals surface area contributed by atoms with Crippen molar-refractivity contribution in [1.29, 1.82) is 0 Å². The first-order valence-electron chi connectivity index (χ1n) is 15.0. The summed E-state index contributed by atoms with van der Waals surface area (Å²) >= 11 is 12.7. The molecule has 0 N–H and O–H groups in total. The molecule has 0 unspecified atom stereocenters. The molecule has 0 aliphatic carbocycles. The van der Waals surface area contributed by atoms with E-state index in [0.717, 1.165) is 12.8 Å². The minimum atomic E-state index is 0.626. The van der Waals surface area contributed by atoms with E-state index in [2.05, 4.69) is 26.0 Å². The molecule has 0 aliphatic heterocycles. The number of rotatable bonds is 24. The first-order valence-corrected chi connectivity index (χ1v) is 16.1. The van der Waals surface area contributed by atoms with Crippen LogP contribution in [-0.2, 0) is 24.6 Å². The zero-order valence-electron chi connectivity index (χ0n) is 22.9. The lowest BCUT2D eigenvalue weighted by atomic mass is 9.93. The van der Waals surface area contributed by atoms with Gasteiger partial charge in [-0.15, -0.1) is 23.2 Å². The highest BCUT2D eigenvalue weighted by atomic mass is 35.5. The Morgan fingerprint density at radius 1 is 0.382 bits per heavy atom. The van der Waals surface area contributed by atoms with Crippen LogP contribution in [0.25, 0.3) is 0 Å². The topological polar surface area (TPSA) is 0 Å². The third-order valence-corrected chi connectivity index (χ3v) is 7.98. The van der Waals surface area contributed by atoms with Crippen LogP contribution in [0.1, 0.15) is 165 Å². The van der Waals surface area contributed by atoms with Gasteiger partial charge in [-0.25, -0.2) is 0 Å². The van der Waals surface area contributed by atoms with Crippen molar-refractivity contribution < 1.29 is 0 Å². The van der Waals surface area contributed by atoms with Crippen LogP contribution in [0.2, 0.25) is 0 Å². The summed E-state index contributed by atoms with van der Waals surface area (Å²) in [5.41, 5.74) is 5.57. The zero-order valence-corrected chi connectivity index (χ0v) is 24.4. The van der Waals surface area contributed by atoms with Crippen molar-refractivity contribution in [1.82, 2.24) is 0 Å². The maximum absolute atomic E-state index is 6.36. The van der Waals surface area contributed by atoms with Gasteiger partial charge in [0, 0.05) is 11.8 Å². The standard InChI is InChI=1S/C32H56Cl2/c1-3-5-7-9-11-13-15-17-19-21-23-29-25-32(28-34)30(26-31(29)27-33)24-22-20-18-16-14-12-10-8-6-4-2/h25-26H,3-24,27-28H2,1-2H3.